The first kappa shape index (κ1) is 11.2. The topological polar surface area (TPSA) is 47.5 Å². The van der Waals surface area contributed by atoms with Crippen molar-refractivity contribution in [3.05, 3.63) is 48.2 Å². The van der Waals surface area contributed by atoms with Gasteiger partial charge in [-0.25, -0.2) is 0 Å². The highest BCUT2D eigenvalue weighted by molar-refractivity contribution is 7.98. The number of para-hydroxylation sites is 1. The Labute approximate surface area is 109 Å². The number of nitrogens with two attached hydrogens (primary N) is 1. The van der Waals surface area contributed by atoms with Gasteiger partial charge >= 0.3 is 0 Å². The summed E-state index contributed by atoms with van der Waals surface area (Å²) in [6.45, 7) is 0. The van der Waals surface area contributed by atoms with Gasteiger partial charge in [0, 0.05) is 16.5 Å². The summed E-state index contributed by atoms with van der Waals surface area (Å²) in [7, 11) is 0. The number of amides is 1. The van der Waals surface area contributed by atoms with E-state index in [-0.39, 0.29) is 5.91 Å². The monoisotopic (exact) mass is 256 g/mol. The van der Waals surface area contributed by atoms with Gasteiger partial charge in [-0.1, -0.05) is 18.2 Å². The van der Waals surface area contributed by atoms with E-state index < -0.39 is 0 Å². The first-order valence-corrected chi connectivity index (χ1v) is 6.81. The zero-order valence-corrected chi connectivity index (χ0v) is 10.7. The highest BCUT2D eigenvalue weighted by Crippen LogP contribution is 2.28. The van der Waals surface area contributed by atoms with Gasteiger partial charge in [0.2, 0.25) is 0 Å². The minimum atomic E-state index is -0.384. The summed E-state index contributed by atoms with van der Waals surface area (Å²) in [6, 6.07) is 11.8. The molecule has 4 heteroatoms. The van der Waals surface area contributed by atoms with E-state index in [1.807, 2.05) is 53.3 Å². The first-order valence-electron chi connectivity index (χ1n) is 5.59. The van der Waals surface area contributed by atoms with Crippen molar-refractivity contribution < 1.29 is 4.79 Å². The second-order valence-electron chi connectivity index (χ2n) is 4.08. The number of fused-ring (bicyclic) bond motifs is 3. The van der Waals surface area contributed by atoms with Gasteiger partial charge in [-0.15, -0.1) is 11.8 Å². The fraction of sp³-hybridized carbons (Fsp3) is 0.0714. The van der Waals surface area contributed by atoms with Crippen LogP contribution in [0.15, 0.2) is 47.5 Å². The molecule has 3 rings (SSSR count). The van der Waals surface area contributed by atoms with E-state index in [2.05, 4.69) is 0 Å². The van der Waals surface area contributed by atoms with Gasteiger partial charge in [0.05, 0.1) is 16.6 Å². The molecular weight excluding hydrogens is 244 g/mol. The average molecular weight is 256 g/mol. The van der Waals surface area contributed by atoms with E-state index in [0.717, 1.165) is 21.3 Å². The highest BCUT2D eigenvalue weighted by atomic mass is 32.2. The quantitative estimate of drug-likeness (QED) is 0.717. The summed E-state index contributed by atoms with van der Waals surface area (Å²) in [5.74, 6) is -0.384. The van der Waals surface area contributed by atoms with Gasteiger partial charge in [0.25, 0.3) is 5.91 Å². The van der Waals surface area contributed by atoms with Gasteiger partial charge in [0.15, 0.2) is 0 Å². The number of primary amides is 1. The molecule has 18 heavy (non-hydrogen) atoms. The highest BCUT2D eigenvalue weighted by Gasteiger charge is 2.15. The summed E-state index contributed by atoms with van der Waals surface area (Å²) in [6.07, 6.45) is 4.07. The maximum atomic E-state index is 11.6. The van der Waals surface area contributed by atoms with Crippen molar-refractivity contribution in [1.29, 1.82) is 0 Å². The molecule has 0 aliphatic rings. The fourth-order valence-electron chi connectivity index (χ4n) is 2.30. The SMILES string of the molecule is CSc1ccc2c(C(N)=O)c3ccccc3n2c1. The van der Waals surface area contributed by atoms with Crippen LogP contribution in [0.25, 0.3) is 16.4 Å². The van der Waals surface area contributed by atoms with Crippen LogP contribution in [0.2, 0.25) is 0 Å². The van der Waals surface area contributed by atoms with Crippen molar-refractivity contribution in [3.8, 4) is 0 Å². The van der Waals surface area contributed by atoms with Crippen LogP contribution in [0.1, 0.15) is 10.4 Å². The molecule has 2 aromatic heterocycles. The molecule has 1 aromatic carbocycles. The number of carbonyl (C=O) groups is 1. The predicted molar refractivity (Wildman–Crippen MR) is 75.2 cm³/mol. The Balaban J connectivity index is 2.53. The van der Waals surface area contributed by atoms with Crippen LogP contribution < -0.4 is 5.73 Å². The van der Waals surface area contributed by atoms with Gasteiger partial charge in [-0.2, -0.15) is 0 Å². The molecule has 0 radical (unpaired) electrons. The third-order valence-corrected chi connectivity index (χ3v) is 3.81. The van der Waals surface area contributed by atoms with E-state index in [1.165, 1.54) is 0 Å². The number of hydrogen-bond acceptors (Lipinski definition) is 2. The van der Waals surface area contributed by atoms with Crippen molar-refractivity contribution >= 4 is 34.1 Å². The standard InChI is InChI=1S/C14H12N2OS/c1-18-9-6-7-12-13(14(15)17)10-4-2-3-5-11(10)16(12)8-9/h2-8H,1H3,(H2,15,17). The Bertz CT molecular complexity index is 761. The van der Waals surface area contributed by atoms with E-state index in [9.17, 15) is 4.79 Å². The summed E-state index contributed by atoms with van der Waals surface area (Å²) < 4.78 is 2.03. The van der Waals surface area contributed by atoms with E-state index in [1.54, 1.807) is 11.8 Å². The summed E-state index contributed by atoms with van der Waals surface area (Å²) >= 11 is 1.67. The molecule has 0 unspecified atom stereocenters. The predicted octanol–water partition coefficient (Wildman–Crippen LogP) is 2.91. The van der Waals surface area contributed by atoms with Crippen LogP contribution in [0.4, 0.5) is 0 Å². The van der Waals surface area contributed by atoms with Crippen LogP contribution in [-0.4, -0.2) is 16.6 Å². The molecule has 90 valence electrons. The second-order valence-corrected chi connectivity index (χ2v) is 4.96. The molecule has 1 amide bonds. The van der Waals surface area contributed by atoms with Crippen molar-refractivity contribution in [2.24, 2.45) is 5.73 Å². The molecule has 2 N–H and O–H groups in total. The van der Waals surface area contributed by atoms with Crippen LogP contribution in [0.3, 0.4) is 0 Å². The average Bonchev–Trinajstić information content (AvgIpc) is 2.72. The molecule has 0 spiro atoms. The van der Waals surface area contributed by atoms with Gasteiger partial charge < -0.3 is 10.1 Å². The lowest BCUT2D eigenvalue weighted by Crippen LogP contribution is -2.10. The Morgan fingerprint density at radius 1 is 1.17 bits per heavy atom. The molecule has 0 saturated carbocycles. The van der Waals surface area contributed by atoms with Gasteiger partial charge in [-0.05, 0) is 24.5 Å². The maximum absolute atomic E-state index is 11.6. The van der Waals surface area contributed by atoms with Gasteiger partial charge in [-0.3, -0.25) is 4.79 Å². The number of nitrogens with zero attached hydrogens (tertiary/aromatic N) is 1. The summed E-state index contributed by atoms with van der Waals surface area (Å²) in [5.41, 5.74) is 7.97. The zero-order chi connectivity index (χ0) is 12.7. The van der Waals surface area contributed by atoms with Crippen molar-refractivity contribution in [2.75, 3.05) is 6.26 Å². The number of carbonyl (C=O) groups excluding carboxylic acids is 1. The van der Waals surface area contributed by atoms with E-state index >= 15 is 0 Å². The largest absolute Gasteiger partial charge is 0.366 e. The van der Waals surface area contributed by atoms with Crippen LogP contribution in [0, 0.1) is 0 Å². The van der Waals surface area contributed by atoms with Crippen LogP contribution in [-0.2, 0) is 0 Å². The van der Waals surface area contributed by atoms with Gasteiger partial charge in [0.1, 0.15) is 0 Å². The molecule has 0 bridgehead atoms. The molecule has 0 saturated heterocycles. The number of benzene rings is 1. The number of thioether (sulfide) groups is 1. The van der Waals surface area contributed by atoms with Crippen molar-refractivity contribution in [3.63, 3.8) is 0 Å². The number of hydrogen-bond donors (Lipinski definition) is 1. The van der Waals surface area contributed by atoms with Crippen LogP contribution in [0.5, 0.6) is 0 Å². The molecule has 0 aliphatic carbocycles. The molecule has 0 atom stereocenters. The maximum Gasteiger partial charge on any atom is 0.251 e. The lowest BCUT2D eigenvalue weighted by Gasteiger charge is -2.00. The third-order valence-electron chi connectivity index (χ3n) is 3.09. The summed E-state index contributed by atoms with van der Waals surface area (Å²) in [5, 5.41) is 0.906. The lowest BCUT2D eigenvalue weighted by atomic mass is 10.1. The van der Waals surface area contributed by atoms with Crippen molar-refractivity contribution in [1.82, 2.24) is 4.40 Å². The molecule has 2 heterocycles. The summed E-state index contributed by atoms with van der Waals surface area (Å²) in [4.78, 5) is 12.8. The van der Waals surface area contributed by atoms with E-state index in [0.29, 0.717) is 5.56 Å². The molecule has 0 fully saturated rings. The van der Waals surface area contributed by atoms with Crippen molar-refractivity contribution in [2.45, 2.75) is 4.90 Å². The minimum Gasteiger partial charge on any atom is -0.366 e. The number of rotatable bonds is 2. The molecular formula is C14H12N2OS. The third kappa shape index (κ3) is 1.49. The zero-order valence-electron chi connectivity index (χ0n) is 9.88. The normalized spacial score (nSPS) is 11.2. The smallest absolute Gasteiger partial charge is 0.251 e. The van der Waals surface area contributed by atoms with Crippen LogP contribution >= 0.6 is 11.8 Å². The second kappa shape index (κ2) is 4.07. The number of pyridine rings is 1. The molecule has 3 aromatic rings. The van der Waals surface area contributed by atoms with E-state index in [4.69, 9.17) is 5.73 Å². The first-order chi connectivity index (χ1) is 8.72. The lowest BCUT2D eigenvalue weighted by molar-refractivity contribution is 0.100. The molecule has 3 nitrogen and oxygen atoms in total. The fourth-order valence-corrected chi connectivity index (χ4v) is 2.71. The molecule has 0 aliphatic heterocycles. The Morgan fingerprint density at radius 2 is 1.94 bits per heavy atom. The Kier molecular flexibility index (Phi) is 2.52. The number of aromatic nitrogens is 1. The Hall–Kier alpha value is -1.94. The Morgan fingerprint density at radius 3 is 2.67 bits per heavy atom. The minimum absolute atomic E-state index is 0.384.